The van der Waals surface area contributed by atoms with Gasteiger partial charge >= 0.3 is 6.18 Å². The molecule has 0 unspecified atom stereocenters. The molecule has 0 spiro atoms. The van der Waals surface area contributed by atoms with Crippen LogP contribution in [0.5, 0.6) is 0 Å². The minimum atomic E-state index is -4.57. The van der Waals surface area contributed by atoms with Gasteiger partial charge < -0.3 is 0 Å². The van der Waals surface area contributed by atoms with Crippen LogP contribution in [0.15, 0.2) is 18.2 Å². The Labute approximate surface area is 116 Å². The summed E-state index contributed by atoms with van der Waals surface area (Å²) in [4.78, 5) is 3.48. The normalized spacial score (nSPS) is 11.9. The van der Waals surface area contributed by atoms with Crippen LogP contribution in [0, 0.1) is 11.6 Å². The van der Waals surface area contributed by atoms with Crippen LogP contribution in [0.3, 0.4) is 0 Å². The summed E-state index contributed by atoms with van der Waals surface area (Å²) in [6.07, 6.45) is -4.45. The van der Waals surface area contributed by atoms with Crippen molar-refractivity contribution in [1.82, 2.24) is 4.98 Å². The molecule has 1 nitrogen and oxygen atoms in total. The van der Waals surface area contributed by atoms with E-state index in [2.05, 4.69) is 4.98 Å². The van der Waals surface area contributed by atoms with Gasteiger partial charge in [0.25, 0.3) is 0 Å². The molecule has 1 heterocycles. The molecule has 0 fully saturated rings. The Hall–Kier alpha value is -1.50. The standard InChI is InChI=1S/C13H10F5NS/c1-2-11-19-12(13(16,17)18)10(20-11)5-7-3-4-8(14)6-9(7)15/h3-4,6H,2,5H2,1H3. The molecule has 0 saturated carbocycles. The Morgan fingerprint density at radius 3 is 2.45 bits per heavy atom. The second-order valence-corrected chi connectivity index (χ2v) is 5.31. The highest BCUT2D eigenvalue weighted by Gasteiger charge is 2.37. The zero-order valence-electron chi connectivity index (χ0n) is 10.4. The van der Waals surface area contributed by atoms with Gasteiger partial charge in [-0.2, -0.15) is 13.2 Å². The van der Waals surface area contributed by atoms with Crippen LogP contribution < -0.4 is 0 Å². The molecule has 108 valence electrons. The predicted octanol–water partition coefficient (Wildman–Crippen LogP) is 4.59. The molecule has 0 N–H and O–H groups in total. The zero-order chi connectivity index (χ0) is 14.9. The molecule has 0 saturated heterocycles. The molecule has 0 amide bonds. The SMILES string of the molecule is CCc1nc(C(F)(F)F)c(Cc2ccc(F)cc2F)s1. The lowest BCUT2D eigenvalue weighted by atomic mass is 10.1. The average molecular weight is 307 g/mol. The number of rotatable bonds is 3. The lowest BCUT2D eigenvalue weighted by Crippen LogP contribution is -2.09. The Morgan fingerprint density at radius 2 is 1.90 bits per heavy atom. The van der Waals surface area contributed by atoms with Gasteiger partial charge in [-0.15, -0.1) is 11.3 Å². The van der Waals surface area contributed by atoms with Gasteiger partial charge in [-0.05, 0) is 18.1 Å². The van der Waals surface area contributed by atoms with Crippen molar-refractivity contribution in [3.05, 3.63) is 51.0 Å². The first-order valence-corrected chi connectivity index (χ1v) is 6.62. The molecule has 0 bridgehead atoms. The van der Waals surface area contributed by atoms with Gasteiger partial charge in [-0.1, -0.05) is 13.0 Å². The summed E-state index contributed by atoms with van der Waals surface area (Å²) in [5, 5.41) is 0.342. The van der Waals surface area contributed by atoms with Crippen molar-refractivity contribution in [1.29, 1.82) is 0 Å². The van der Waals surface area contributed by atoms with Crippen molar-refractivity contribution in [3.63, 3.8) is 0 Å². The molecular formula is C13H10F5NS. The second kappa shape index (κ2) is 5.47. The van der Waals surface area contributed by atoms with E-state index in [1.807, 2.05) is 0 Å². The number of aryl methyl sites for hydroxylation is 1. The highest BCUT2D eigenvalue weighted by atomic mass is 32.1. The van der Waals surface area contributed by atoms with Crippen molar-refractivity contribution in [3.8, 4) is 0 Å². The maximum absolute atomic E-state index is 13.5. The number of benzene rings is 1. The van der Waals surface area contributed by atoms with Gasteiger partial charge in [0.2, 0.25) is 0 Å². The van der Waals surface area contributed by atoms with E-state index in [9.17, 15) is 22.0 Å². The number of hydrogen-bond donors (Lipinski definition) is 0. The number of thiazole rings is 1. The van der Waals surface area contributed by atoms with Crippen molar-refractivity contribution < 1.29 is 22.0 Å². The molecule has 20 heavy (non-hydrogen) atoms. The van der Waals surface area contributed by atoms with Crippen LogP contribution in [-0.2, 0) is 19.0 Å². The molecule has 0 atom stereocenters. The van der Waals surface area contributed by atoms with Gasteiger partial charge in [0.15, 0.2) is 5.69 Å². The molecular weight excluding hydrogens is 297 g/mol. The second-order valence-electron chi connectivity index (χ2n) is 4.14. The molecule has 1 aromatic carbocycles. The van der Waals surface area contributed by atoms with Crippen molar-refractivity contribution in [2.24, 2.45) is 0 Å². The predicted molar refractivity (Wildman–Crippen MR) is 65.7 cm³/mol. The van der Waals surface area contributed by atoms with Crippen LogP contribution >= 0.6 is 11.3 Å². The fourth-order valence-electron chi connectivity index (χ4n) is 1.73. The van der Waals surface area contributed by atoms with Crippen LogP contribution in [-0.4, -0.2) is 4.98 Å². The summed E-state index contributed by atoms with van der Waals surface area (Å²) in [6, 6.07) is 2.83. The maximum Gasteiger partial charge on any atom is 0.434 e. The van der Waals surface area contributed by atoms with Crippen molar-refractivity contribution in [2.75, 3.05) is 0 Å². The van der Waals surface area contributed by atoms with Crippen LogP contribution in [0.4, 0.5) is 22.0 Å². The third-order valence-corrected chi connectivity index (χ3v) is 3.88. The highest BCUT2D eigenvalue weighted by Crippen LogP contribution is 2.36. The Balaban J connectivity index is 2.40. The van der Waals surface area contributed by atoms with Crippen molar-refractivity contribution in [2.45, 2.75) is 25.9 Å². The lowest BCUT2D eigenvalue weighted by Gasteiger charge is -2.07. The fourth-order valence-corrected chi connectivity index (χ4v) is 2.78. The first kappa shape index (κ1) is 14.9. The monoisotopic (exact) mass is 307 g/mol. The average Bonchev–Trinajstić information content (AvgIpc) is 2.76. The first-order chi connectivity index (χ1) is 9.31. The molecule has 0 radical (unpaired) electrons. The smallest absolute Gasteiger partial charge is 0.236 e. The maximum atomic E-state index is 13.5. The lowest BCUT2D eigenvalue weighted by molar-refractivity contribution is -0.141. The van der Waals surface area contributed by atoms with Crippen LogP contribution in [0.1, 0.15) is 28.1 Å². The quantitative estimate of drug-likeness (QED) is 0.756. The van der Waals surface area contributed by atoms with Gasteiger partial charge in [0.1, 0.15) is 11.6 Å². The van der Waals surface area contributed by atoms with E-state index >= 15 is 0 Å². The number of nitrogens with zero attached hydrogens (tertiary/aromatic N) is 1. The van der Waals surface area contributed by atoms with Crippen LogP contribution in [0.2, 0.25) is 0 Å². The molecule has 7 heteroatoms. The number of aromatic nitrogens is 1. The van der Waals surface area contributed by atoms with Gasteiger partial charge in [-0.3, -0.25) is 0 Å². The highest BCUT2D eigenvalue weighted by molar-refractivity contribution is 7.11. The molecule has 0 aliphatic heterocycles. The first-order valence-electron chi connectivity index (χ1n) is 5.81. The van der Waals surface area contributed by atoms with E-state index in [1.165, 1.54) is 0 Å². The Morgan fingerprint density at radius 1 is 1.20 bits per heavy atom. The summed E-state index contributed by atoms with van der Waals surface area (Å²) in [5.41, 5.74) is -0.966. The molecule has 2 rings (SSSR count). The van der Waals surface area contributed by atoms with Gasteiger partial charge in [-0.25, -0.2) is 13.8 Å². The third-order valence-electron chi connectivity index (χ3n) is 2.68. The Kier molecular flexibility index (Phi) is 4.08. The minimum absolute atomic E-state index is 0.0169. The molecule has 2 aromatic rings. The number of halogens is 5. The largest absolute Gasteiger partial charge is 0.434 e. The summed E-state index contributed by atoms with van der Waals surface area (Å²) < 4.78 is 64.9. The van der Waals surface area contributed by atoms with E-state index in [4.69, 9.17) is 0 Å². The summed E-state index contributed by atoms with van der Waals surface area (Å²) >= 11 is 0.903. The van der Waals surface area contributed by atoms with E-state index in [-0.39, 0.29) is 16.9 Å². The van der Waals surface area contributed by atoms with Gasteiger partial charge in [0, 0.05) is 17.4 Å². The van der Waals surface area contributed by atoms with Crippen molar-refractivity contribution >= 4 is 11.3 Å². The fraction of sp³-hybridized carbons (Fsp3) is 0.308. The summed E-state index contributed by atoms with van der Waals surface area (Å²) in [6.45, 7) is 1.70. The molecule has 1 aromatic heterocycles. The van der Waals surface area contributed by atoms with Crippen LogP contribution in [0.25, 0.3) is 0 Å². The Bertz CT molecular complexity index is 618. The summed E-state index contributed by atoms with van der Waals surface area (Å²) in [7, 11) is 0. The molecule has 0 aliphatic rings. The number of alkyl halides is 3. The van der Waals surface area contributed by atoms with Gasteiger partial charge in [0.05, 0.1) is 5.01 Å². The van der Waals surface area contributed by atoms with E-state index < -0.39 is 23.5 Å². The van der Waals surface area contributed by atoms with E-state index in [1.54, 1.807) is 6.92 Å². The topological polar surface area (TPSA) is 12.9 Å². The third kappa shape index (κ3) is 3.15. The zero-order valence-corrected chi connectivity index (χ0v) is 11.2. The number of hydrogen-bond acceptors (Lipinski definition) is 2. The minimum Gasteiger partial charge on any atom is -0.236 e. The summed E-state index contributed by atoms with van der Waals surface area (Å²) in [5.74, 6) is -1.62. The van der Waals surface area contributed by atoms with E-state index in [0.717, 1.165) is 23.5 Å². The van der Waals surface area contributed by atoms with E-state index in [0.29, 0.717) is 17.5 Å². The molecule has 0 aliphatic carbocycles.